The van der Waals surface area contributed by atoms with Gasteiger partial charge in [0.1, 0.15) is 6.10 Å². The molecule has 0 saturated heterocycles. The quantitative estimate of drug-likeness (QED) is 0.525. The molecule has 3 heteroatoms. The number of cyclic esters (lactones) is 1. The maximum Gasteiger partial charge on any atom is 0.330 e. The molecule has 0 aliphatic carbocycles. The monoisotopic (exact) mass is 141 g/mol. The fourth-order valence-electron chi connectivity index (χ4n) is 0.913. The van der Waals surface area contributed by atoms with E-state index < -0.39 is 0 Å². The lowest BCUT2D eigenvalue weighted by Crippen LogP contribution is -2.33. The summed E-state index contributed by atoms with van der Waals surface area (Å²) in [7, 11) is 0. The van der Waals surface area contributed by atoms with Gasteiger partial charge in [-0.25, -0.2) is 4.79 Å². The van der Waals surface area contributed by atoms with Gasteiger partial charge in [-0.3, -0.25) is 0 Å². The van der Waals surface area contributed by atoms with Crippen molar-refractivity contribution in [2.24, 2.45) is 11.7 Å². The number of carbonyl (C=O) groups excluding carboxylic acids is 1. The van der Waals surface area contributed by atoms with Gasteiger partial charge in [0, 0.05) is 18.5 Å². The van der Waals surface area contributed by atoms with Crippen LogP contribution >= 0.6 is 0 Å². The normalized spacial score (nSPS) is 32.0. The number of nitrogens with two attached hydrogens (primary N) is 1. The van der Waals surface area contributed by atoms with Crippen molar-refractivity contribution >= 4 is 5.97 Å². The van der Waals surface area contributed by atoms with Crippen LogP contribution in [0.1, 0.15) is 6.92 Å². The highest BCUT2D eigenvalue weighted by Crippen LogP contribution is 2.13. The van der Waals surface area contributed by atoms with E-state index in [2.05, 4.69) is 0 Å². The first kappa shape index (κ1) is 7.28. The summed E-state index contributed by atoms with van der Waals surface area (Å²) < 4.78 is 4.90. The standard InChI is InChI=1S/C7H11NO2/c1-5-2-3-7(9)10-6(5)4-8/h2-3,5-6H,4,8H2,1H3/t5-,6-/m1/s1. The van der Waals surface area contributed by atoms with E-state index in [9.17, 15) is 4.79 Å². The van der Waals surface area contributed by atoms with Crippen molar-refractivity contribution in [3.8, 4) is 0 Å². The summed E-state index contributed by atoms with van der Waals surface area (Å²) in [5, 5.41) is 0. The Bertz CT molecular complexity index is 165. The Kier molecular flexibility index (Phi) is 2.06. The van der Waals surface area contributed by atoms with Gasteiger partial charge in [0.15, 0.2) is 0 Å². The molecule has 0 radical (unpaired) electrons. The van der Waals surface area contributed by atoms with Gasteiger partial charge >= 0.3 is 5.97 Å². The van der Waals surface area contributed by atoms with Gasteiger partial charge in [-0.15, -0.1) is 0 Å². The second-order valence-electron chi connectivity index (χ2n) is 2.43. The number of hydrogen-bond donors (Lipinski definition) is 1. The molecule has 0 spiro atoms. The van der Waals surface area contributed by atoms with E-state index >= 15 is 0 Å². The molecule has 0 fully saturated rings. The highest BCUT2D eigenvalue weighted by atomic mass is 16.5. The Morgan fingerprint density at radius 3 is 3.00 bits per heavy atom. The highest BCUT2D eigenvalue weighted by Gasteiger charge is 2.20. The van der Waals surface area contributed by atoms with E-state index in [0.717, 1.165) is 0 Å². The van der Waals surface area contributed by atoms with Gasteiger partial charge in [0.25, 0.3) is 0 Å². The molecule has 0 aromatic heterocycles. The molecule has 0 unspecified atom stereocenters. The Labute approximate surface area is 59.8 Å². The molecule has 1 rings (SSSR count). The second kappa shape index (κ2) is 2.84. The highest BCUT2D eigenvalue weighted by molar-refractivity contribution is 5.82. The van der Waals surface area contributed by atoms with Crippen molar-refractivity contribution < 1.29 is 9.53 Å². The zero-order valence-electron chi connectivity index (χ0n) is 5.91. The summed E-state index contributed by atoms with van der Waals surface area (Å²) in [6, 6.07) is 0. The molecule has 0 aromatic rings. The lowest BCUT2D eigenvalue weighted by atomic mass is 10.0. The number of rotatable bonds is 1. The molecule has 0 amide bonds. The molecule has 2 atom stereocenters. The van der Waals surface area contributed by atoms with Gasteiger partial charge in [-0.1, -0.05) is 13.0 Å². The Hall–Kier alpha value is -0.830. The van der Waals surface area contributed by atoms with E-state index in [1.165, 1.54) is 6.08 Å². The zero-order valence-corrected chi connectivity index (χ0v) is 5.91. The first-order valence-electron chi connectivity index (χ1n) is 3.33. The summed E-state index contributed by atoms with van der Waals surface area (Å²) in [6.07, 6.45) is 3.14. The first-order chi connectivity index (χ1) is 4.74. The minimum absolute atomic E-state index is 0.127. The molecule has 0 aromatic carbocycles. The van der Waals surface area contributed by atoms with Gasteiger partial charge in [-0.05, 0) is 0 Å². The fraction of sp³-hybridized carbons (Fsp3) is 0.571. The predicted molar refractivity (Wildman–Crippen MR) is 37.2 cm³/mol. The lowest BCUT2D eigenvalue weighted by molar-refractivity contribution is -0.145. The van der Waals surface area contributed by atoms with Crippen molar-refractivity contribution in [2.75, 3.05) is 6.54 Å². The van der Waals surface area contributed by atoms with E-state index in [1.807, 2.05) is 13.0 Å². The van der Waals surface area contributed by atoms with Crippen molar-refractivity contribution in [3.05, 3.63) is 12.2 Å². The third-order valence-electron chi connectivity index (χ3n) is 1.62. The lowest BCUT2D eigenvalue weighted by Gasteiger charge is -2.22. The van der Waals surface area contributed by atoms with Crippen LogP contribution in [0, 0.1) is 5.92 Å². The SMILES string of the molecule is C[C@@H]1C=CC(=O)O[C@@H]1CN. The van der Waals surface area contributed by atoms with Crippen LogP contribution in [0.15, 0.2) is 12.2 Å². The molecule has 1 heterocycles. The summed E-state index contributed by atoms with van der Waals surface area (Å²) in [6.45, 7) is 2.37. The Morgan fingerprint density at radius 2 is 2.50 bits per heavy atom. The van der Waals surface area contributed by atoms with Crippen LogP contribution in [0.5, 0.6) is 0 Å². The molecule has 0 bridgehead atoms. The van der Waals surface area contributed by atoms with Crippen LogP contribution in [0.2, 0.25) is 0 Å². The third kappa shape index (κ3) is 1.36. The Morgan fingerprint density at radius 1 is 1.80 bits per heavy atom. The van der Waals surface area contributed by atoms with E-state index in [4.69, 9.17) is 10.5 Å². The van der Waals surface area contributed by atoms with Gasteiger partial charge in [0.2, 0.25) is 0 Å². The van der Waals surface area contributed by atoms with Gasteiger partial charge in [-0.2, -0.15) is 0 Å². The third-order valence-corrected chi connectivity index (χ3v) is 1.62. The largest absolute Gasteiger partial charge is 0.457 e. The van der Waals surface area contributed by atoms with Crippen molar-refractivity contribution in [1.29, 1.82) is 0 Å². The van der Waals surface area contributed by atoms with E-state index in [0.29, 0.717) is 6.54 Å². The summed E-state index contributed by atoms with van der Waals surface area (Å²) in [4.78, 5) is 10.6. The zero-order chi connectivity index (χ0) is 7.56. The molecule has 0 saturated carbocycles. The van der Waals surface area contributed by atoms with Crippen LogP contribution in [0.25, 0.3) is 0 Å². The minimum Gasteiger partial charge on any atom is -0.457 e. The number of hydrogen-bond acceptors (Lipinski definition) is 3. The molecule has 3 nitrogen and oxygen atoms in total. The molecule has 2 N–H and O–H groups in total. The van der Waals surface area contributed by atoms with Crippen molar-refractivity contribution in [2.45, 2.75) is 13.0 Å². The molecule has 56 valence electrons. The van der Waals surface area contributed by atoms with Crippen LogP contribution < -0.4 is 5.73 Å². The predicted octanol–water partition coefficient (Wildman–Crippen LogP) is 0.0628. The van der Waals surface area contributed by atoms with Crippen LogP contribution in [-0.2, 0) is 9.53 Å². The number of esters is 1. The molecule has 1 aliphatic heterocycles. The van der Waals surface area contributed by atoms with Gasteiger partial charge < -0.3 is 10.5 Å². The van der Waals surface area contributed by atoms with Crippen LogP contribution in [0.3, 0.4) is 0 Å². The van der Waals surface area contributed by atoms with E-state index in [-0.39, 0.29) is 18.0 Å². The topological polar surface area (TPSA) is 52.3 Å². The average Bonchev–Trinajstić information content (AvgIpc) is 1.94. The second-order valence-corrected chi connectivity index (χ2v) is 2.43. The summed E-state index contributed by atoms with van der Waals surface area (Å²) >= 11 is 0. The maximum atomic E-state index is 10.6. The number of carbonyl (C=O) groups is 1. The molecule has 10 heavy (non-hydrogen) atoms. The minimum atomic E-state index is -0.284. The fourth-order valence-corrected chi connectivity index (χ4v) is 0.913. The van der Waals surface area contributed by atoms with Gasteiger partial charge in [0.05, 0.1) is 0 Å². The van der Waals surface area contributed by atoms with Crippen LogP contribution in [-0.4, -0.2) is 18.6 Å². The first-order valence-corrected chi connectivity index (χ1v) is 3.33. The Balaban J connectivity index is 2.62. The smallest absolute Gasteiger partial charge is 0.330 e. The van der Waals surface area contributed by atoms with Crippen LogP contribution in [0.4, 0.5) is 0 Å². The number of ether oxygens (including phenoxy) is 1. The molecular weight excluding hydrogens is 130 g/mol. The molecule has 1 aliphatic rings. The summed E-state index contributed by atoms with van der Waals surface area (Å²) in [5.74, 6) is -0.0312. The maximum absolute atomic E-state index is 10.6. The van der Waals surface area contributed by atoms with E-state index in [1.54, 1.807) is 0 Å². The summed E-state index contributed by atoms with van der Waals surface area (Å²) in [5.41, 5.74) is 5.34. The van der Waals surface area contributed by atoms with Crippen molar-refractivity contribution in [1.82, 2.24) is 0 Å². The van der Waals surface area contributed by atoms with Crippen molar-refractivity contribution in [3.63, 3.8) is 0 Å². The molecular formula is C7H11NO2. The average molecular weight is 141 g/mol.